The third kappa shape index (κ3) is 3.26. The molecule has 0 spiro atoms. The van der Waals surface area contributed by atoms with Crippen molar-refractivity contribution in [1.29, 1.82) is 0 Å². The van der Waals surface area contributed by atoms with Gasteiger partial charge in [-0.1, -0.05) is 12.1 Å². The van der Waals surface area contributed by atoms with Crippen LogP contribution in [-0.2, 0) is 17.8 Å². The Hall–Kier alpha value is -1.10. The number of piperazine rings is 1. The molecule has 1 aromatic carbocycles. The lowest BCUT2D eigenvalue weighted by molar-refractivity contribution is 0.0535. The third-order valence-electron chi connectivity index (χ3n) is 3.67. The number of rotatable bonds is 3. The summed E-state index contributed by atoms with van der Waals surface area (Å²) in [7, 11) is 0. The molecule has 0 radical (unpaired) electrons. The van der Waals surface area contributed by atoms with Gasteiger partial charge in [-0.05, 0) is 18.1 Å². The standard InChI is InChI=1S/C14H18N2O2.ClH/c17-14-13-2-1-11(9-12(13)10-18-14)3-6-16-7-4-15-5-8-16;/h1-2,9,15H,3-8,10H2;1H. The lowest BCUT2D eigenvalue weighted by Crippen LogP contribution is -2.44. The molecule has 0 unspecified atom stereocenters. The topological polar surface area (TPSA) is 41.6 Å². The summed E-state index contributed by atoms with van der Waals surface area (Å²) >= 11 is 0. The van der Waals surface area contributed by atoms with Gasteiger partial charge in [0.05, 0.1) is 5.56 Å². The van der Waals surface area contributed by atoms with Crippen molar-refractivity contribution in [2.75, 3.05) is 32.7 Å². The number of cyclic esters (lactones) is 1. The van der Waals surface area contributed by atoms with Crippen LogP contribution >= 0.6 is 12.4 Å². The first-order valence-corrected chi connectivity index (χ1v) is 6.55. The first kappa shape index (κ1) is 14.3. The van der Waals surface area contributed by atoms with Crippen LogP contribution in [0.25, 0.3) is 0 Å². The van der Waals surface area contributed by atoms with Crippen molar-refractivity contribution in [2.24, 2.45) is 0 Å². The van der Waals surface area contributed by atoms with Crippen LogP contribution < -0.4 is 5.32 Å². The zero-order valence-electron chi connectivity index (χ0n) is 10.9. The number of hydrogen-bond donors (Lipinski definition) is 1. The summed E-state index contributed by atoms with van der Waals surface area (Å²) < 4.78 is 5.02. The Morgan fingerprint density at radius 2 is 2.05 bits per heavy atom. The Labute approximate surface area is 119 Å². The molecule has 3 rings (SSSR count). The zero-order chi connectivity index (χ0) is 12.4. The van der Waals surface area contributed by atoms with E-state index in [-0.39, 0.29) is 18.4 Å². The van der Waals surface area contributed by atoms with Gasteiger partial charge in [0.1, 0.15) is 6.61 Å². The molecule has 0 aromatic heterocycles. The Morgan fingerprint density at radius 1 is 1.26 bits per heavy atom. The molecule has 5 heteroatoms. The fourth-order valence-corrected chi connectivity index (χ4v) is 2.56. The highest BCUT2D eigenvalue weighted by Crippen LogP contribution is 2.21. The summed E-state index contributed by atoms with van der Waals surface area (Å²) in [5.74, 6) is -0.182. The highest BCUT2D eigenvalue weighted by Gasteiger charge is 2.20. The van der Waals surface area contributed by atoms with Gasteiger partial charge in [-0.3, -0.25) is 0 Å². The molecule has 0 amide bonds. The van der Waals surface area contributed by atoms with E-state index in [0.29, 0.717) is 6.61 Å². The molecule has 2 aliphatic rings. The van der Waals surface area contributed by atoms with E-state index in [0.717, 1.165) is 50.3 Å². The fourth-order valence-electron chi connectivity index (χ4n) is 2.56. The molecule has 1 N–H and O–H groups in total. The Kier molecular flexibility index (Phi) is 4.80. The van der Waals surface area contributed by atoms with E-state index >= 15 is 0 Å². The second-order valence-corrected chi connectivity index (χ2v) is 4.91. The van der Waals surface area contributed by atoms with E-state index in [9.17, 15) is 4.79 Å². The number of hydrogen-bond acceptors (Lipinski definition) is 4. The lowest BCUT2D eigenvalue weighted by Gasteiger charge is -2.27. The minimum absolute atomic E-state index is 0. The minimum atomic E-state index is -0.182. The number of halogens is 1. The number of carbonyl (C=O) groups excluding carboxylic acids is 1. The molecule has 1 saturated heterocycles. The van der Waals surface area contributed by atoms with Crippen molar-refractivity contribution in [3.8, 4) is 0 Å². The Balaban J connectivity index is 0.00000133. The average molecular weight is 283 g/mol. The van der Waals surface area contributed by atoms with Crippen molar-refractivity contribution in [2.45, 2.75) is 13.0 Å². The van der Waals surface area contributed by atoms with Gasteiger partial charge in [-0.15, -0.1) is 12.4 Å². The summed E-state index contributed by atoms with van der Waals surface area (Å²) in [5, 5.41) is 3.36. The van der Waals surface area contributed by atoms with E-state index in [2.05, 4.69) is 16.3 Å². The summed E-state index contributed by atoms with van der Waals surface area (Å²) in [6, 6.07) is 6.06. The second-order valence-electron chi connectivity index (χ2n) is 4.91. The molecule has 0 aliphatic carbocycles. The molecule has 4 nitrogen and oxygen atoms in total. The molecule has 104 valence electrons. The molecular weight excluding hydrogens is 264 g/mol. The molecular formula is C14H19ClN2O2. The van der Waals surface area contributed by atoms with Gasteiger partial charge >= 0.3 is 5.97 Å². The van der Waals surface area contributed by atoms with Gasteiger partial charge in [0.2, 0.25) is 0 Å². The van der Waals surface area contributed by atoms with Crippen LogP contribution in [0.2, 0.25) is 0 Å². The molecule has 0 saturated carbocycles. The van der Waals surface area contributed by atoms with E-state index in [1.54, 1.807) is 0 Å². The fraction of sp³-hybridized carbons (Fsp3) is 0.500. The van der Waals surface area contributed by atoms with E-state index in [4.69, 9.17) is 4.74 Å². The van der Waals surface area contributed by atoms with Crippen LogP contribution in [0.3, 0.4) is 0 Å². The zero-order valence-corrected chi connectivity index (χ0v) is 11.7. The maximum Gasteiger partial charge on any atom is 0.338 e. The van der Waals surface area contributed by atoms with Crippen LogP contribution in [0.5, 0.6) is 0 Å². The smallest absolute Gasteiger partial charge is 0.338 e. The molecule has 1 fully saturated rings. The van der Waals surface area contributed by atoms with Crippen LogP contribution in [0.15, 0.2) is 18.2 Å². The number of nitrogens with one attached hydrogen (secondary N) is 1. The van der Waals surface area contributed by atoms with Crippen molar-refractivity contribution >= 4 is 18.4 Å². The van der Waals surface area contributed by atoms with Gasteiger partial charge in [0.25, 0.3) is 0 Å². The van der Waals surface area contributed by atoms with Crippen LogP contribution in [0, 0.1) is 0 Å². The summed E-state index contributed by atoms with van der Waals surface area (Å²) in [6.07, 6.45) is 1.04. The van der Waals surface area contributed by atoms with Gasteiger partial charge in [-0.2, -0.15) is 0 Å². The first-order valence-electron chi connectivity index (χ1n) is 6.55. The minimum Gasteiger partial charge on any atom is -0.457 e. The number of nitrogens with zero attached hydrogens (tertiary/aromatic N) is 1. The van der Waals surface area contributed by atoms with Crippen LogP contribution in [0.1, 0.15) is 21.5 Å². The number of benzene rings is 1. The SMILES string of the molecule is Cl.O=C1OCc2cc(CCN3CCNCC3)ccc21. The Morgan fingerprint density at radius 3 is 2.84 bits per heavy atom. The maximum absolute atomic E-state index is 11.3. The van der Waals surface area contributed by atoms with Gasteiger partial charge in [0.15, 0.2) is 0 Å². The number of fused-ring (bicyclic) bond motifs is 1. The number of ether oxygens (including phenoxy) is 1. The van der Waals surface area contributed by atoms with Crippen molar-refractivity contribution < 1.29 is 9.53 Å². The molecule has 19 heavy (non-hydrogen) atoms. The number of carbonyl (C=O) groups is 1. The largest absolute Gasteiger partial charge is 0.457 e. The monoisotopic (exact) mass is 282 g/mol. The third-order valence-corrected chi connectivity index (χ3v) is 3.67. The van der Waals surface area contributed by atoms with E-state index in [1.807, 2.05) is 12.1 Å². The number of esters is 1. The molecule has 2 heterocycles. The highest BCUT2D eigenvalue weighted by molar-refractivity contribution is 5.93. The normalized spacial score (nSPS) is 18.6. The average Bonchev–Trinajstić information content (AvgIpc) is 2.79. The van der Waals surface area contributed by atoms with Crippen molar-refractivity contribution in [3.05, 3.63) is 34.9 Å². The molecule has 0 atom stereocenters. The summed E-state index contributed by atoms with van der Waals surface area (Å²) in [4.78, 5) is 13.8. The summed E-state index contributed by atoms with van der Waals surface area (Å²) in [6.45, 7) is 5.98. The van der Waals surface area contributed by atoms with Crippen LogP contribution in [-0.4, -0.2) is 43.6 Å². The van der Waals surface area contributed by atoms with Gasteiger partial charge in [0, 0.05) is 38.3 Å². The predicted octanol–water partition coefficient (Wildman–Crippen LogP) is 1.23. The quantitative estimate of drug-likeness (QED) is 0.847. The van der Waals surface area contributed by atoms with Crippen molar-refractivity contribution in [3.63, 3.8) is 0 Å². The summed E-state index contributed by atoms with van der Waals surface area (Å²) in [5.41, 5.74) is 3.07. The highest BCUT2D eigenvalue weighted by atomic mass is 35.5. The van der Waals surface area contributed by atoms with Crippen molar-refractivity contribution in [1.82, 2.24) is 10.2 Å². The lowest BCUT2D eigenvalue weighted by atomic mass is 10.0. The second kappa shape index (κ2) is 6.37. The first-order chi connectivity index (χ1) is 8.83. The van der Waals surface area contributed by atoms with E-state index in [1.165, 1.54) is 5.56 Å². The van der Waals surface area contributed by atoms with Gasteiger partial charge < -0.3 is 15.0 Å². The Bertz CT molecular complexity index is 459. The van der Waals surface area contributed by atoms with Gasteiger partial charge in [-0.25, -0.2) is 4.79 Å². The molecule has 0 bridgehead atoms. The van der Waals surface area contributed by atoms with E-state index < -0.39 is 0 Å². The molecule has 2 aliphatic heterocycles. The molecule has 1 aromatic rings. The van der Waals surface area contributed by atoms with Crippen LogP contribution in [0.4, 0.5) is 0 Å². The maximum atomic E-state index is 11.3. The predicted molar refractivity (Wildman–Crippen MR) is 75.8 cm³/mol.